The predicted molar refractivity (Wildman–Crippen MR) is 105 cm³/mol. The lowest BCUT2D eigenvalue weighted by molar-refractivity contribution is -0.384. The second-order valence-corrected chi connectivity index (χ2v) is 7.55. The average molecular weight is 394 g/mol. The first-order valence-corrected chi connectivity index (χ1v) is 9.05. The summed E-state index contributed by atoms with van der Waals surface area (Å²) in [6.45, 7) is 1.11. The molecule has 0 radical (unpaired) electrons. The van der Waals surface area contributed by atoms with Crippen LogP contribution in [0.1, 0.15) is 11.1 Å². The van der Waals surface area contributed by atoms with Gasteiger partial charge in [0.2, 0.25) is 0 Å². The van der Waals surface area contributed by atoms with Gasteiger partial charge in [0.25, 0.3) is 10.9 Å². The van der Waals surface area contributed by atoms with Gasteiger partial charge >= 0.3 is 0 Å². The molecule has 0 N–H and O–H groups in total. The van der Waals surface area contributed by atoms with Gasteiger partial charge in [-0.05, 0) is 48.1 Å². The third kappa shape index (κ3) is 5.72. The molecule has 1 amide bonds. The largest absolute Gasteiger partial charge is 0.339 e. The SMILES string of the molecule is CN(Cc1cccc(SC(=O)N(C)C)c1)Cc1cc([N+](=O)[O-])ccc1Cl. The van der Waals surface area contributed by atoms with Gasteiger partial charge in [-0.2, -0.15) is 0 Å². The molecule has 0 spiro atoms. The first kappa shape index (κ1) is 20.2. The Labute approximate surface area is 161 Å². The van der Waals surface area contributed by atoms with Crippen LogP contribution in [0.5, 0.6) is 0 Å². The molecule has 138 valence electrons. The fourth-order valence-corrected chi connectivity index (χ4v) is 3.27. The number of rotatable bonds is 6. The van der Waals surface area contributed by atoms with Crippen molar-refractivity contribution < 1.29 is 9.72 Å². The number of thioether (sulfide) groups is 1. The van der Waals surface area contributed by atoms with Crippen LogP contribution in [0.2, 0.25) is 5.02 Å². The van der Waals surface area contributed by atoms with Crippen molar-refractivity contribution in [3.63, 3.8) is 0 Å². The van der Waals surface area contributed by atoms with Crippen LogP contribution in [0.3, 0.4) is 0 Å². The predicted octanol–water partition coefficient (Wildman–Crippen LogP) is 4.65. The van der Waals surface area contributed by atoms with Crippen LogP contribution in [0.25, 0.3) is 0 Å². The molecule has 0 aliphatic carbocycles. The standard InChI is InChI=1S/C18H20ClN3O3S/c1-20(2)18(23)26-16-6-4-5-13(9-16)11-21(3)12-14-10-15(22(24)25)7-8-17(14)19/h4-10H,11-12H2,1-3H3. The fraction of sp³-hybridized carbons (Fsp3) is 0.278. The summed E-state index contributed by atoms with van der Waals surface area (Å²) in [5.74, 6) is 0. The summed E-state index contributed by atoms with van der Waals surface area (Å²) in [4.78, 5) is 26.8. The van der Waals surface area contributed by atoms with Gasteiger partial charge in [-0.15, -0.1) is 0 Å². The topological polar surface area (TPSA) is 66.7 Å². The Kier molecular flexibility index (Phi) is 7.02. The third-order valence-corrected chi connectivity index (χ3v) is 5.00. The molecule has 2 aromatic carbocycles. The number of non-ortho nitro benzene ring substituents is 1. The summed E-state index contributed by atoms with van der Waals surface area (Å²) in [7, 11) is 5.35. The Morgan fingerprint density at radius 1 is 1.15 bits per heavy atom. The van der Waals surface area contributed by atoms with Crippen molar-refractivity contribution in [1.29, 1.82) is 0 Å². The lowest BCUT2D eigenvalue weighted by Crippen LogP contribution is -2.18. The second-order valence-electron chi connectivity index (χ2n) is 6.11. The summed E-state index contributed by atoms with van der Waals surface area (Å²) in [6.07, 6.45) is 0. The normalized spacial score (nSPS) is 10.8. The minimum absolute atomic E-state index is 0.0263. The number of hydrogen-bond donors (Lipinski definition) is 0. The maximum absolute atomic E-state index is 11.8. The smallest absolute Gasteiger partial charge is 0.285 e. The van der Waals surface area contributed by atoms with Crippen molar-refractivity contribution in [2.45, 2.75) is 18.0 Å². The van der Waals surface area contributed by atoms with Gasteiger partial charge in [-0.3, -0.25) is 19.8 Å². The van der Waals surface area contributed by atoms with Crippen molar-refractivity contribution in [1.82, 2.24) is 9.80 Å². The van der Waals surface area contributed by atoms with E-state index in [1.807, 2.05) is 36.2 Å². The van der Waals surface area contributed by atoms with E-state index in [0.717, 1.165) is 10.5 Å². The number of carbonyl (C=O) groups excluding carboxylic acids is 1. The van der Waals surface area contributed by atoms with Gasteiger partial charge in [0, 0.05) is 49.2 Å². The Hall–Kier alpha value is -2.09. The number of nitro groups is 1. The molecule has 2 rings (SSSR count). The molecule has 0 unspecified atom stereocenters. The molecule has 0 aliphatic heterocycles. The number of benzene rings is 2. The monoisotopic (exact) mass is 393 g/mol. The van der Waals surface area contributed by atoms with Crippen LogP contribution in [0.15, 0.2) is 47.4 Å². The molecular formula is C18H20ClN3O3S. The van der Waals surface area contributed by atoms with Gasteiger partial charge in [0.05, 0.1) is 4.92 Å². The number of nitrogens with zero attached hydrogens (tertiary/aromatic N) is 3. The highest BCUT2D eigenvalue weighted by molar-refractivity contribution is 8.13. The zero-order valence-corrected chi connectivity index (χ0v) is 16.4. The summed E-state index contributed by atoms with van der Waals surface area (Å²) in [5, 5.41) is 11.4. The van der Waals surface area contributed by atoms with Gasteiger partial charge in [-0.1, -0.05) is 23.7 Å². The fourth-order valence-electron chi connectivity index (χ4n) is 2.35. The summed E-state index contributed by atoms with van der Waals surface area (Å²) < 4.78 is 0. The molecule has 0 heterocycles. The third-order valence-electron chi connectivity index (χ3n) is 3.60. The van der Waals surface area contributed by atoms with E-state index in [2.05, 4.69) is 0 Å². The van der Waals surface area contributed by atoms with E-state index in [0.29, 0.717) is 23.7 Å². The van der Waals surface area contributed by atoms with E-state index in [-0.39, 0.29) is 10.9 Å². The van der Waals surface area contributed by atoms with E-state index in [1.165, 1.54) is 28.8 Å². The quantitative estimate of drug-likeness (QED) is 0.406. The highest BCUT2D eigenvalue weighted by Crippen LogP contribution is 2.25. The Balaban J connectivity index is 2.06. The first-order chi connectivity index (χ1) is 12.3. The summed E-state index contributed by atoms with van der Waals surface area (Å²) in [6, 6.07) is 12.2. The highest BCUT2D eigenvalue weighted by Gasteiger charge is 2.12. The molecule has 0 fully saturated rings. The highest BCUT2D eigenvalue weighted by atomic mass is 35.5. The maximum Gasteiger partial charge on any atom is 0.285 e. The number of nitro benzene ring substituents is 1. The Bertz CT molecular complexity index is 814. The lowest BCUT2D eigenvalue weighted by atomic mass is 10.1. The molecule has 2 aromatic rings. The molecule has 8 heteroatoms. The molecule has 0 saturated heterocycles. The van der Waals surface area contributed by atoms with Gasteiger partial charge in [-0.25, -0.2) is 0 Å². The zero-order chi connectivity index (χ0) is 19.3. The van der Waals surface area contributed by atoms with Crippen molar-refractivity contribution in [3.8, 4) is 0 Å². The van der Waals surface area contributed by atoms with Crippen LogP contribution in [0.4, 0.5) is 10.5 Å². The van der Waals surface area contributed by atoms with E-state index >= 15 is 0 Å². The number of carbonyl (C=O) groups is 1. The molecule has 0 bridgehead atoms. The molecule has 0 atom stereocenters. The average Bonchev–Trinajstić information content (AvgIpc) is 2.56. The van der Waals surface area contributed by atoms with Crippen LogP contribution >= 0.6 is 23.4 Å². The Morgan fingerprint density at radius 3 is 2.54 bits per heavy atom. The molecule has 0 aromatic heterocycles. The number of halogens is 1. The van der Waals surface area contributed by atoms with Crippen molar-refractivity contribution in [3.05, 3.63) is 68.7 Å². The minimum Gasteiger partial charge on any atom is -0.339 e. The van der Waals surface area contributed by atoms with Gasteiger partial charge in [0.15, 0.2) is 0 Å². The van der Waals surface area contributed by atoms with Crippen LogP contribution in [-0.2, 0) is 13.1 Å². The van der Waals surface area contributed by atoms with Gasteiger partial charge in [0.1, 0.15) is 0 Å². The van der Waals surface area contributed by atoms with E-state index < -0.39 is 4.92 Å². The molecule has 6 nitrogen and oxygen atoms in total. The lowest BCUT2D eigenvalue weighted by Gasteiger charge is -2.18. The zero-order valence-electron chi connectivity index (χ0n) is 14.8. The number of hydrogen-bond acceptors (Lipinski definition) is 5. The Morgan fingerprint density at radius 2 is 1.88 bits per heavy atom. The van der Waals surface area contributed by atoms with Crippen LogP contribution < -0.4 is 0 Å². The molecule has 26 heavy (non-hydrogen) atoms. The second kappa shape index (κ2) is 9.02. The van der Waals surface area contributed by atoms with Crippen molar-refractivity contribution in [2.75, 3.05) is 21.1 Å². The summed E-state index contributed by atoms with van der Waals surface area (Å²) >= 11 is 7.34. The van der Waals surface area contributed by atoms with E-state index in [9.17, 15) is 14.9 Å². The molecular weight excluding hydrogens is 374 g/mol. The van der Waals surface area contributed by atoms with Crippen LogP contribution in [-0.4, -0.2) is 41.1 Å². The molecule has 0 saturated carbocycles. The first-order valence-electron chi connectivity index (χ1n) is 7.85. The van der Waals surface area contributed by atoms with E-state index in [4.69, 9.17) is 11.6 Å². The van der Waals surface area contributed by atoms with Crippen molar-refractivity contribution >= 4 is 34.3 Å². The van der Waals surface area contributed by atoms with Crippen molar-refractivity contribution in [2.24, 2.45) is 0 Å². The molecule has 0 aliphatic rings. The number of amides is 1. The maximum atomic E-state index is 11.8. The van der Waals surface area contributed by atoms with E-state index in [1.54, 1.807) is 20.2 Å². The summed E-state index contributed by atoms with van der Waals surface area (Å²) in [5.41, 5.74) is 1.78. The van der Waals surface area contributed by atoms with Crippen LogP contribution in [0, 0.1) is 10.1 Å². The van der Waals surface area contributed by atoms with Gasteiger partial charge < -0.3 is 4.90 Å². The minimum atomic E-state index is -0.428.